The first kappa shape index (κ1) is 11.1. The lowest BCUT2D eigenvalue weighted by Gasteiger charge is -2.34. The van der Waals surface area contributed by atoms with Crippen LogP contribution >= 0.6 is 0 Å². The Morgan fingerprint density at radius 1 is 1.62 bits per heavy atom. The van der Waals surface area contributed by atoms with Crippen LogP contribution in [0.3, 0.4) is 0 Å². The normalized spacial score (nSPS) is 25.8. The molecule has 2 unspecified atom stereocenters. The zero-order valence-corrected chi connectivity index (χ0v) is 9.28. The van der Waals surface area contributed by atoms with Crippen molar-refractivity contribution in [3.05, 3.63) is 12.7 Å². The van der Waals surface area contributed by atoms with Crippen molar-refractivity contribution in [2.24, 2.45) is 5.92 Å². The van der Waals surface area contributed by atoms with Gasteiger partial charge in [-0.1, -0.05) is 6.92 Å². The Morgan fingerprint density at radius 3 is 3.06 bits per heavy atom. The second-order valence-electron chi connectivity index (χ2n) is 4.27. The topological polar surface area (TPSA) is 71.2 Å². The molecule has 88 valence electrons. The molecule has 1 saturated heterocycles. The van der Waals surface area contributed by atoms with Gasteiger partial charge in [-0.3, -0.25) is 4.79 Å². The Hall–Kier alpha value is -1.43. The maximum Gasteiger partial charge on any atom is 0.244 e. The summed E-state index contributed by atoms with van der Waals surface area (Å²) in [7, 11) is 0. The van der Waals surface area contributed by atoms with E-state index < -0.39 is 0 Å². The van der Waals surface area contributed by atoms with E-state index >= 15 is 0 Å². The van der Waals surface area contributed by atoms with Gasteiger partial charge in [0.25, 0.3) is 0 Å². The quantitative estimate of drug-likeness (QED) is 0.735. The summed E-state index contributed by atoms with van der Waals surface area (Å²) in [5.41, 5.74) is 0. The van der Waals surface area contributed by atoms with Crippen LogP contribution in [-0.4, -0.2) is 49.9 Å². The molecule has 0 saturated carbocycles. The number of piperidine rings is 1. The van der Waals surface area contributed by atoms with E-state index in [1.165, 1.54) is 17.3 Å². The van der Waals surface area contributed by atoms with Crippen molar-refractivity contribution < 1.29 is 9.90 Å². The summed E-state index contributed by atoms with van der Waals surface area (Å²) in [6, 6.07) is 0. The lowest BCUT2D eigenvalue weighted by Crippen LogP contribution is -2.46. The highest BCUT2D eigenvalue weighted by molar-refractivity contribution is 5.76. The first-order valence-electron chi connectivity index (χ1n) is 5.45. The molecule has 1 aliphatic heterocycles. The molecule has 16 heavy (non-hydrogen) atoms. The van der Waals surface area contributed by atoms with E-state index in [0.29, 0.717) is 19.5 Å². The highest BCUT2D eigenvalue weighted by Crippen LogP contribution is 2.16. The van der Waals surface area contributed by atoms with Crippen molar-refractivity contribution in [3.63, 3.8) is 0 Å². The second-order valence-corrected chi connectivity index (χ2v) is 4.27. The van der Waals surface area contributed by atoms with E-state index in [-0.39, 0.29) is 24.5 Å². The third kappa shape index (κ3) is 2.38. The number of hydrogen-bond donors (Lipinski definition) is 1. The van der Waals surface area contributed by atoms with Gasteiger partial charge in [-0.05, 0) is 12.3 Å². The number of aliphatic hydroxyl groups is 1. The molecular formula is C10H16N4O2. The number of carbonyl (C=O) groups is 1. The standard InChI is InChI=1S/C10H16N4O2/c1-8-4-13(3-2-9(8)15)10(16)5-14-7-11-6-12-14/h6-9,15H,2-5H2,1H3. The van der Waals surface area contributed by atoms with Crippen molar-refractivity contribution in [1.29, 1.82) is 0 Å². The van der Waals surface area contributed by atoms with Crippen molar-refractivity contribution in [3.8, 4) is 0 Å². The largest absolute Gasteiger partial charge is 0.393 e. The molecule has 0 bridgehead atoms. The van der Waals surface area contributed by atoms with Gasteiger partial charge in [-0.15, -0.1) is 0 Å². The number of aliphatic hydroxyl groups excluding tert-OH is 1. The van der Waals surface area contributed by atoms with E-state index in [4.69, 9.17) is 0 Å². The zero-order valence-electron chi connectivity index (χ0n) is 9.28. The second kappa shape index (κ2) is 4.61. The Kier molecular flexibility index (Phi) is 3.19. The summed E-state index contributed by atoms with van der Waals surface area (Å²) in [6.45, 7) is 3.43. The highest BCUT2D eigenvalue weighted by atomic mass is 16.3. The lowest BCUT2D eigenvalue weighted by molar-refractivity contribution is -0.135. The third-order valence-electron chi connectivity index (χ3n) is 2.98. The molecule has 6 nitrogen and oxygen atoms in total. The van der Waals surface area contributed by atoms with Gasteiger partial charge in [0.1, 0.15) is 19.2 Å². The predicted octanol–water partition coefficient (Wildman–Crippen LogP) is -0.493. The molecule has 1 aromatic heterocycles. The van der Waals surface area contributed by atoms with Crippen LogP contribution in [0.1, 0.15) is 13.3 Å². The van der Waals surface area contributed by atoms with Crippen LogP contribution in [0.4, 0.5) is 0 Å². The zero-order chi connectivity index (χ0) is 11.5. The molecule has 0 radical (unpaired) electrons. The fraction of sp³-hybridized carbons (Fsp3) is 0.700. The van der Waals surface area contributed by atoms with Gasteiger partial charge < -0.3 is 10.0 Å². The molecule has 1 aromatic rings. The molecule has 0 spiro atoms. The van der Waals surface area contributed by atoms with Gasteiger partial charge in [0.2, 0.25) is 5.91 Å². The highest BCUT2D eigenvalue weighted by Gasteiger charge is 2.27. The number of carbonyl (C=O) groups excluding carboxylic acids is 1. The molecule has 0 aliphatic carbocycles. The lowest BCUT2D eigenvalue weighted by atomic mass is 9.97. The summed E-state index contributed by atoms with van der Waals surface area (Å²) in [5, 5.41) is 13.5. The molecule has 1 fully saturated rings. The molecule has 6 heteroatoms. The Labute approximate surface area is 93.9 Å². The van der Waals surface area contributed by atoms with Gasteiger partial charge >= 0.3 is 0 Å². The van der Waals surface area contributed by atoms with Gasteiger partial charge in [0.15, 0.2) is 0 Å². The van der Waals surface area contributed by atoms with Crippen LogP contribution in [0.25, 0.3) is 0 Å². The van der Waals surface area contributed by atoms with Crippen LogP contribution in [0.5, 0.6) is 0 Å². The summed E-state index contributed by atoms with van der Waals surface area (Å²) in [6.07, 6.45) is 3.32. The van der Waals surface area contributed by atoms with Crippen molar-refractivity contribution >= 4 is 5.91 Å². The summed E-state index contributed by atoms with van der Waals surface area (Å²) >= 11 is 0. The maximum atomic E-state index is 11.9. The van der Waals surface area contributed by atoms with Crippen molar-refractivity contribution in [1.82, 2.24) is 19.7 Å². The average molecular weight is 224 g/mol. The summed E-state index contributed by atoms with van der Waals surface area (Å²) < 4.78 is 1.51. The Bertz CT molecular complexity index is 352. The molecule has 1 amide bonds. The minimum atomic E-state index is -0.282. The van der Waals surface area contributed by atoms with E-state index in [9.17, 15) is 9.90 Å². The first-order valence-corrected chi connectivity index (χ1v) is 5.45. The Balaban J connectivity index is 1.90. The summed E-state index contributed by atoms with van der Waals surface area (Å²) in [5.74, 6) is 0.178. The molecule has 0 aromatic carbocycles. The number of rotatable bonds is 2. The smallest absolute Gasteiger partial charge is 0.244 e. The fourth-order valence-electron chi connectivity index (χ4n) is 1.91. The average Bonchev–Trinajstić information content (AvgIpc) is 2.74. The molecule has 2 heterocycles. The number of amides is 1. The minimum absolute atomic E-state index is 0.0317. The van der Waals surface area contributed by atoms with Crippen LogP contribution in [-0.2, 0) is 11.3 Å². The molecule has 1 N–H and O–H groups in total. The van der Waals surface area contributed by atoms with Crippen LogP contribution in [0, 0.1) is 5.92 Å². The summed E-state index contributed by atoms with van der Waals surface area (Å²) in [4.78, 5) is 17.4. The predicted molar refractivity (Wildman–Crippen MR) is 56.4 cm³/mol. The van der Waals surface area contributed by atoms with E-state index in [0.717, 1.165) is 0 Å². The first-order chi connectivity index (χ1) is 7.66. The molecule has 1 aliphatic rings. The van der Waals surface area contributed by atoms with Gasteiger partial charge in [0, 0.05) is 13.1 Å². The minimum Gasteiger partial charge on any atom is -0.393 e. The van der Waals surface area contributed by atoms with Crippen molar-refractivity contribution in [2.75, 3.05) is 13.1 Å². The molecular weight excluding hydrogens is 208 g/mol. The maximum absolute atomic E-state index is 11.9. The number of likely N-dealkylation sites (tertiary alicyclic amines) is 1. The SMILES string of the molecule is CC1CN(C(=O)Cn2cncn2)CCC1O. The van der Waals surface area contributed by atoms with Gasteiger partial charge in [-0.25, -0.2) is 9.67 Å². The number of nitrogens with zero attached hydrogens (tertiary/aromatic N) is 4. The third-order valence-corrected chi connectivity index (χ3v) is 2.98. The number of aromatic nitrogens is 3. The molecule has 2 atom stereocenters. The van der Waals surface area contributed by atoms with Crippen molar-refractivity contribution in [2.45, 2.75) is 26.0 Å². The van der Waals surface area contributed by atoms with E-state index in [1.807, 2.05) is 6.92 Å². The van der Waals surface area contributed by atoms with E-state index in [1.54, 1.807) is 4.90 Å². The fourth-order valence-corrected chi connectivity index (χ4v) is 1.91. The molecule has 2 rings (SSSR count). The van der Waals surface area contributed by atoms with Crippen LogP contribution < -0.4 is 0 Å². The van der Waals surface area contributed by atoms with E-state index in [2.05, 4.69) is 10.1 Å². The monoisotopic (exact) mass is 224 g/mol. The van der Waals surface area contributed by atoms with Crippen LogP contribution in [0.2, 0.25) is 0 Å². The van der Waals surface area contributed by atoms with Gasteiger partial charge in [0.05, 0.1) is 6.10 Å². The Morgan fingerprint density at radius 2 is 2.44 bits per heavy atom. The van der Waals surface area contributed by atoms with Gasteiger partial charge in [-0.2, -0.15) is 5.10 Å². The number of hydrogen-bond acceptors (Lipinski definition) is 4. The van der Waals surface area contributed by atoms with Crippen LogP contribution in [0.15, 0.2) is 12.7 Å².